The fourth-order valence-electron chi connectivity index (χ4n) is 1.96. The van der Waals surface area contributed by atoms with Crippen LogP contribution in [0.3, 0.4) is 0 Å². The van der Waals surface area contributed by atoms with Crippen molar-refractivity contribution < 1.29 is 19.1 Å². The van der Waals surface area contributed by atoms with E-state index in [1.54, 1.807) is 30.3 Å². The second kappa shape index (κ2) is 9.62. The molecule has 0 spiro atoms. The molecule has 2 aromatic rings. The van der Waals surface area contributed by atoms with Crippen LogP contribution in [0.5, 0.6) is 0 Å². The summed E-state index contributed by atoms with van der Waals surface area (Å²) in [7, 11) is 0. The van der Waals surface area contributed by atoms with Gasteiger partial charge in [0, 0.05) is 10.5 Å². The normalized spacial score (nSPS) is 10.1. The summed E-state index contributed by atoms with van der Waals surface area (Å²) in [5.74, 6) is -1.46. The number of amides is 2. The maximum absolute atomic E-state index is 11.8. The summed E-state index contributed by atoms with van der Waals surface area (Å²) in [6.07, 6.45) is 0. The molecule has 2 N–H and O–H groups in total. The van der Waals surface area contributed by atoms with E-state index in [1.165, 1.54) is 17.3 Å². The quantitative estimate of drug-likeness (QED) is 0.462. The second-order valence-corrected chi connectivity index (χ2v) is 6.61. The van der Waals surface area contributed by atoms with Crippen LogP contribution in [-0.4, -0.2) is 30.1 Å². The topological polar surface area (TPSA) is 84.5 Å². The van der Waals surface area contributed by atoms with Gasteiger partial charge in [-0.25, -0.2) is 0 Å². The molecule has 0 radical (unpaired) electrons. The molecule has 0 atom stereocenters. The Morgan fingerprint density at radius 3 is 2.38 bits per heavy atom. The summed E-state index contributed by atoms with van der Waals surface area (Å²) in [6, 6.07) is 14.4. The molecular weight excluding hydrogens is 352 g/mol. The lowest BCUT2D eigenvalue weighted by atomic mass is 10.1. The first-order valence-corrected chi connectivity index (χ1v) is 8.94. The lowest BCUT2D eigenvalue weighted by molar-refractivity contribution is -0.146. The standard InChI is InChI=1S/C19H20N2O4S/c1-13-8-9-16(10-14(13)2)26-12-18(23)25-11-17(22)20-21-19(24)15-6-4-3-5-7-15/h3-10H,11-12H2,1-2H3,(H,20,22)(H,21,24). The predicted octanol–water partition coefficient (Wildman–Crippen LogP) is 2.40. The Morgan fingerprint density at radius 1 is 0.962 bits per heavy atom. The van der Waals surface area contributed by atoms with Crippen LogP contribution >= 0.6 is 11.8 Å². The minimum atomic E-state index is -0.612. The van der Waals surface area contributed by atoms with Gasteiger partial charge in [0.25, 0.3) is 11.8 Å². The first kappa shape index (κ1) is 19.5. The molecule has 26 heavy (non-hydrogen) atoms. The Balaban J connectivity index is 1.67. The highest BCUT2D eigenvalue weighted by molar-refractivity contribution is 8.00. The van der Waals surface area contributed by atoms with E-state index < -0.39 is 24.4 Å². The molecule has 0 saturated carbocycles. The molecule has 0 saturated heterocycles. The molecule has 0 aliphatic rings. The molecule has 0 aromatic heterocycles. The molecule has 0 fully saturated rings. The number of nitrogens with one attached hydrogen (secondary N) is 2. The summed E-state index contributed by atoms with van der Waals surface area (Å²) in [5, 5.41) is 0. The van der Waals surface area contributed by atoms with E-state index in [0.717, 1.165) is 10.5 Å². The van der Waals surface area contributed by atoms with E-state index in [0.29, 0.717) is 5.56 Å². The van der Waals surface area contributed by atoms with Gasteiger partial charge in [0.1, 0.15) is 0 Å². The Labute approximate surface area is 156 Å². The van der Waals surface area contributed by atoms with Crippen molar-refractivity contribution in [3.8, 4) is 0 Å². The minimum absolute atomic E-state index is 0.103. The molecule has 0 bridgehead atoms. The number of carbonyl (C=O) groups is 3. The summed E-state index contributed by atoms with van der Waals surface area (Å²) >= 11 is 1.34. The van der Waals surface area contributed by atoms with E-state index in [4.69, 9.17) is 4.74 Å². The number of carbonyl (C=O) groups excluding carboxylic acids is 3. The molecule has 0 aliphatic heterocycles. The lowest BCUT2D eigenvalue weighted by Crippen LogP contribution is -2.43. The summed E-state index contributed by atoms with van der Waals surface area (Å²) < 4.78 is 4.89. The Hall–Kier alpha value is -2.80. The number of thioether (sulfide) groups is 1. The summed E-state index contributed by atoms with van der Waals surface area (Å²) in [5.41, 5.74) is 7.21. The van der Waals surface area contributed by atoms with Crippen molar-refractivity contribution in [1.82, 2.24) is 10.9 Å². The van der Waals surface area contributed by atoms with Crippen LogP contribution in [0, 0.1) is 13.8 Å². The zero-order valence-corrected chi connectivity index (χ0v) is 15.4. The zero-order valence-electron chi connectivity index (χ0n) is 14.6. The number of ether oxygens (including phenoxy) is 1. The Bertz CT molecular complexity index is 793. The van der Waals surface area contributed by atoms with Crippen LogP contribution in [-0.2, 0) is 14.3 Å². The van der Waals surface area contributed by atoms with Crippen LogP contribution in [0.1, 0.15) is 21.5 Å². The molecule has 2 rings (SSSR count). The van der Waals surface area contributed by atoms with Gasteiger partial charge in [0.05, 0.1) is 5.75 Å². The van der Waals surface area contributed by atoms with Crippen molar-refractivity contribution in [2.45, 2.75) is 18.7 Å². The number of hydrogen-bond donors (Lipinski definition) is 2. The molecule has 7 heteroatoms. The Kier molecular flexibility index (Phi) is 7.23. The number of benzene rings is 2. The second-order valence-electron chi connectivity index (χ2n) is 5.56. The minimum Gasteiger partial charge on any atom is -0.455 e. The van der Waals surface area contributed by atoms with Gasteiger partial charge in [-0.05, 0) is 49.2 Å². The van der Waals surface area contributed by atoms with E-state index in [2.05, 4.69) is 10.9 Å². The summed E-state index contributed by atoms with van der Waals surface area (Å²) in [4.78, 5) is 36.1. The average Bonchev–Trinajstić information content (AvgIpc) is 2.66. The maximum atomic E-state index is 11.8. The highest BCUT2D eigenvalue weighted by Gasteiger charge is 2.10. The van der Waals surface area contributed by atoms with E-state index in [1.807, 2.05) is 32.0 Å². The smallest absolute Gasteiger partial charge is 0.316 e. The van der Waals surface area contributed by atoms with Gasteiger partial charge < -0.3 is 4.74 Å². The van der Waals surface area contributed by atoms with Gasteiger partial charge in [-0.3, -0.25) is 25.2 Å². The predicted molar refractivity (Wildman–Crippen MR) is 99.6 cm³/mol. The first-order valence-electron chi connectivity index (χ1n) is 7.95. The van der Waals surface area contributed by atoms with E-state index >= 15 is 0 Å². The van der Waals surface area contributed by atoms with Gasteiger partial charge in [-0.15, -0.1) is 11.8 Å². The van der Waals surface area contributed by atoms with Crippen molar-refractivity contribution in [3.05, 3.63) is 65.2 Å². The van der Waals surface area contributed by atoms with Gasteiger partial charge in [0.15, 0.2) is 6.61 Å². The van der Waals surface area contributed by atoms with E-state index in [9.17, 15) is 14.4 Å². The molecule has 6 nitrogen and oxygen atoms in total. The number of aryl methyl sites for hydroxylation is 2. The molecule has 136 valence electrons. The first-order chi connectivity index (χ1) is 12.5. The van der Waals surface area contributed by atoms with Crippen LogP contribution < -0.4 is 10.9 Å². The number of esters is 1. The molecular formula is C19H20N2O4S. The molecule has 0 aliphatic carbocycles. The molecule has 2 amide bonds. The van der Waals surface area contributed by atoms with Crippen molar-refractivity contribution >= 4 is 29.5 Å². The fraction of sp³-hybridized carbons (Fsp3) is 0.211. The SMILES string of the molecule is Cc1ccc(SCC(=O)OCC(=O)NNC(=O)c2ccccc2)cc1C. The third-order valence-corrected chi connectivity index (χ3v) is 4.52. The molecule has 0 unspecified atom stereocenters. The maximum Gasteiger partial charge on any atom is 0.316 e. The van der Waals surface area contributed by atoms with Crippen molar-refractivity contribution in [3.63, 3.8) is 0 Å². The van der Waals surface area contributed by atoms with E-state index in [-0.39, 0.29) is 5.75 Å². The number of hydrazine groups is 1. The van der Waals surface area contributed by atoms with Crippen LogP contribution in [0.2, 0.25) is 0 Å². The van der Waals surface area contributed by atoms with Crippen LogP contribution in [0.25, 0.3) is 0 Å². The fourth-order valence-corrected chi connectivity index (χ4v) is 2.75. The molecule has 2 aromatic carbocycles. The van der Waals surface area contributed by atoms with Gasteiger partial charge >= 0.3 is 5.97 Å². The monoisotopic (exact) mass is 372 g/mol. The zero-order chi connectivity index (χ0) is 18.9. The van der Waals surface area contributed by atoms with Crippen LogP contribution in [0.15, 0.2) is 53.4 Å². The molecule has 0 heterocycles. The lowest BCUT2D eigenvalue weighted by Gasteiger charge is -2.08. The van der Waals surface area contributed by atoms with Gasteiger partial charge in [0.2, 0.25) is 0 Å². The largest absolute Gasteiger partial charge is 0.455 e. The van der Waals surface area contributed by atoms with Crippen molar-refractivity contribution in [2.24, 2.45) is 0 Å². The number of hydrogen-bond acceptors (Lipinski definition) is 5. The highest BCUT2D eigenvalue weighted by atomic mass is 32.2. The van der Waals surface area contributed by atoms with Crippen molar-refractivity contribution in [1.29, 1.82) is 0 Å². The third kappa shape index (κ3) is 6.25. The van der Waals surface area contributed by atoms with Crippen molar-refractivity contribution in [2.75, 3.05) is 12.4 Å². The van der Waals surface area contributed by atoms with Gasteiger partial charge in [-0.2, -0.15) is 0 Å². The number of rotatable bonds is 6. The third-order valence-electron chi connectivity index (χ3n) is 3.55. The average molecular weight is 372 g/mol. The highest BCUT2D eigenvalue weighted by Crippen LogP contribution is 2.21. The van der Waals surface area contributed by atoms with Crippen LogP contribution in [0.4, 0.5) is 0 Å². The van der Waals surface area contributed by atoms with Gasteiger partial charge in [-0.1, -0.05) is 24.3 Å². The Morgan fingerprint density at radius 2 is 1.69 bits per heavy atom. The summed E-state index contributed by atoms with van der Waals surface area (Å²) in [6.45, 7) is 3.57.